The van der Waals surface area contributed by atoms with E-state index in [9.17, 15) is 30.6 Å². The minimum Gasteiger partial charge on any atom is -0.461 e. The summed E-state index contributed by atoms with van der Waals surface area (Å²) < 4.78 is 11.1. The van der Waals surface area contributed by atoms with Gasteiger partial charge >= 0.3 is 11.9 Å². The lowest BCUT2D eigenvalue weighted by Gasteiger charge is -2.26. The van der Waals surface area contributed by atoms with Gasteiger partial charge < -0.3 is 9.47 Å². The Morgan fingerprint density at radius 3 is 1.32 bits per heavy atom. The zero-order valence-corrected chi connectivity index (χ0v) is 34.3. The number of hydrogen-bond acceptors (Lipinski definition) is 8. The van der Waals surface area contributed by atoms with Crippen LogP contribution in [0.25, 0.3) is 22.3 Å². The number of allylic oxidation sites excluding steroid dienone is 16. The minimum atomic E-state index is -1.56. The number of esters is 2. The van der Waals surface area contributed by atoms with Crippen LogP contribution in [0.3, 0.4) is 0 Å². The van der Waals surface area contributed by atoms with E-state index in [1.807, 2.05) is 134 Å². The van der Waals surface area contributed by atoms with E-state index >= 15 is 0 Å². The first-order valence-electron chi connectivity index (χ1n) is 21.2. The van der Waals surface area contributed by atoms with E-state index < -0.39 is 22.7 Å². The van der Waals surface area contributed by atoms with Gasteiger partial charge in [-0.05, 0) is 85.7 Å². The van der Waals surface area contributed by atoms with Crippen LogP contribution in [0, 0.1) is 68.0 Å². The molecule has 0 unspecified atom stereocenters. The van der Waals surface area contributed by atoms with Crippen molar-refractivity contribution in [2.24, 2.45) is 22.7 Å². The fraction of sp³-hybridized carbons (Fsp3) is 0.259. The molecule has 0 N–H and O–H groups in total. The SMILES string of the molecule is N#CC1(C#N)C2=CC3=CC=CC(=C[C@H]31)c1ccc(cc1)COC(=O)CCCCCCCCC(=O)OCc1ccc(cc1)C1=C[C@H]3C(=CC=C1)C=C(c1cccc2c1)C3(C#N)C#N. The Balaban J connectivity index is 1.13. The highest BCUT2D eigenvalue weighted by atomic mass is 16.5. The van der Waals surface area contributed by atoms with E-state index in [2.05, 4.69) is 24.3 Å². The number of benzene rings is 3. The van der Waals surface area contributed by atoms with Crippen molar-refractivity contribution in [3.05, 3.63) is 178 Å². The summed E-state index contributed by atoms with van der Waals surface area (Å²) in [5.74, 6) is -1.62. The van der Waals surface area contributed by atoms with Gasteiger partial charge in [0, 0.05) is 24.7 Å². The predicted octanol–water partition coefficient (Wildman–Crippen LogP) is 11.2. The molecule has 8 nitrogen and oxygen atoms in total. The first-order valence-corrected chi connectivity index (χ1v) is 21.2. The van der Waals surface area contributed by atoms with Gasteiger partial charge in [-0.1, -0.05) is 153 Å². The zero-order chi connectivity index (χ0) is 43.1. The third-order valence-corrected chi connectivity index (χ3v) is 12.5. The van der Waals surface area contributed by atoms with Crippen LogP contribution in [0.1, 0.15) is 84.7 Å². The molecule has 0 radical (unpaired) electrons. The average molecular weight is 813 g/mol. The van der Waals surface area contributed by atoms with Gasteiger partial charge in [-0.2, -0.15) is 21.0 Å². The van der Waals surface area contributed by atoms with Crippen LogP contribution >= 0.6 is 0 Å². The highest BCUT2D eigenvalue weighted by molar-refractivity contribution is 5.90. The van der Waals surface area contributed by atoms with Gasteiger partial charge in [0.2, 0.25) is 0 Å². The van der Waals surface area contributed by atoms with E-state index in [0.717, 1.165) is 83.1 Å². The number of carbonyl (C=O) groups excluding carboxylic acids is 2. The van der Waals surface area contributed by atoms with Crippen LogP contribution in [-0.4, -0.2) is 11.9 Å². The van der Waals surface area contributed by atoms with Crippen LogP contribution < -0.4 is 0 Å². The Morgan fingerprint density at radius 1 is 0.516 bits per heavy atom. The van der Waals surface area contributed by atoms with Crippen LogP contribution in [0.15, 0.2) is 145 Å². The Labute approximate surface area is 362 Å². The van der Waals surface area contributed by atoms with Crippen LogP contribution in [-0.2, 0) is 32.3 Å². The second-order valence-corrected chi connectivity index (χ2v) is 16.3. The summed E-state index contributed by atoms with van der Waals surface area (Å²) in [5.41, 5.74) is 6.10. The van der Waals surface area contributed by atoms with Gasteiger partial charge in [-0.25, -0.2) is 0 Å². The molecule has 2 atom stereocenters. The molecule has 0 fully saturated rings. The molecule has 0 amide bonds. The quantitative estimate of drug-likeness (QED) is 0.204. The van der Waals surface area contributed by atoms with Gasteiger partial charge in [-0.3, -0.25) is 9.59 Å². The molecule has 8 heteroatoms. The highest BCUT2D eigenvalue weighted by Gasteiger charge is 2.51. The fourth-order valence-electron chi connectivity index (χ4n) is 9.05. The fourth-order valence-corrected chi connectivity index (χ4v) is 9.05. The molecule has 3 aromatic carbocycles. The highest BCUT2D eigenvalue weighted by Crippen LogP contribution is 2.55. The molecule has 4 heterocycles. The summed E-state index contributed by atoms with van der Waals surface area (Å²) in [7, 11) is 0. The second-order valence-electron chi connectivity index (χ2n) is 16.3. The van der Waals surface area contributed by atoms with E-state index in [1.165, 1.54) is 0 Å². The number of nitrogens with zero attached hydrogens (tertiary/aromatic N) is 4. The third kappa shape index (κ3) is 8.05. The average Bonchev–Trinajstić information content (AvgIpc) is 3.55. The molecule has 3 aromatic rings. The minimum absolute atomic E-state index is 0.163. The number of rotatable bonds is 0. The topological polar surface area (TPSA) is 148 Å². The monoisotopic (exact) mass is 812 g/mol. The summed E-state index contributed by atoms with van der Waals surface area (Å²) >= 11 is 0. The van der Waals surface area contributed by atoms with Crippen molar-refractivity contribution in [3.63, 3.8) is 0 Å². The predicted molar refractivity (Wildman–Crippen MR) is 237 cm³/mol. The van der Waals surface area contributed by atoms with Crippen LogP contribution in [0.2, 0.25) is 0 Å². The zero-order valence-electron chi connectivity index (χ0n) is 34.3. The van der Waals surface area contributed by atoms with Crippen molar-refractivity contribution in [2.75, 3.05) is 0 Å². The Kier molecular flexibility index (Phi) is 12.0. The molecule has 0 saturated heterocycles. The maximum atomic E-state index is 12.5. The normalized spacial score (nSPS) is 21.9. The van der Waals surface area contributed by atoms with Gasteiger partial charge in [0.15, 0.2) is 10.8 Å². The molecule has 62 heavy (non-hydrogen) atoms. The van der Waals surface area contributed by atoms with Crippen molar-refractivity contribution < 1.29 is 19.1 Å². The Hall–Kier alpha value is -7.52. The van der Waals surface area contributed by atoms with E-state index in [4.69, 9.17) is 9.47 Å². The lowest BCUT2D eigenvalue weighted by molar-refractivity contribution is -0.146. The van der Waals surface area contributed by atoms with Crippen LogP contribution in [0.5, 0.6) is 0 Å². The largest absolute Gasteiger partial charge is 0.461 e. The number of ether oxygens (including phenoxy) is 2. The number of carbonyl (C=O) groups is 2. The van der Waals surface area contributed by atoms with E-state index in [0.29, 0.717) is 35.1 Å². The maximum Gasteiger partial charge on any atom is 0.306 e. The summed E-state index contributed by atoms with van der Waals surface area (Å²) in [6, 6.07) is 32.5. The lowest BCUT2D eigenvalue weighted by atomic mass is 9.70. The smallest absolute Gasteiger partial charge is 0.306 e. The van der Waals surface area contributed by atoms with Gasteiger partial charge in [0.25, 0.3) is 0 Å². The summed E-state index contributed by atoms with van der Waals surface area (Å²) in [6.07, 6.45) is 25.4. The molecule has 8 aliphatic rings. The first kappa shape index (κ1) is 41.2. The lowest BCUT2D eigenvalue weighted by Crippen LogP contribution is -2.25. The van der Waals surface area contributed by atoms with Crippen molar-refractivity contribution in [1.29, 1.82) is 21.0 Å². The van der Waals surface area contributed by atoms with Crippen LogP contribution in [0.4, 0.5) is 0 Å². The molecule has 12 bridgehead atoms. The summed E-state index contributed by atoms with van der Waals surface area (Å²) in [5, 5.41) is 43.6. The number of nitriles is 4. The van der Waals surface area contributed by atoms with Crippen molar-refractivity contribution in [2.45, 2.75) is 64.6 Å². The molecule has 0 saturated carbocycles. The van der Waals surface area contributed by atoms with Crippen molar-refractivity contribution >= 4 is 34.2 Å². The van der Waals surface area contributed by atoms with E-state index in [1.54, 1.807) is 0 Å². The standard InChI is InChI=1S/C54H44N4O4/c55-33-53(34-56)47-27-41-10-7-14-45(47)29-49(53)43-12-9-13-44(26-43)50-30-46-15-8-11-42(28-48(46)54(50,35-57)36-58)40-24-20-38(21-25-40)32-62-52(60)17-6-4-2-1-3-5-16-51(59)61-31-37-18-22-39(41)23-19-37/h7-15,18-30,47-48H,1-6,16-17,31-32H2/t47-,48+. The van der Waals surface area contributed by atoms with Gasteiger partial charge in [0.1, 0.15) is 13.2 Å². The molecule has 0 aromatic heterocycles. The molecule has 11 rings (SSSR count). The Morgan fingerprint density at radius 2 is 0.919 bits per heavy atom. The second kappa shape index (κ2) is 18.0. The Bertz CT molecular complexity index is 2520. The van der Waals surface area contributed by atoms with Gasteiger partial charge in [-0.15, -0.1) is 0 Å². The maximum absolute atomic E-state index is 12.5. The van der Waals surface area contributed by atoms with Gasteiger partial charge in [0.05, 0.1) is 24.3 Å². The third-order valence-electron chi connectivity index (χ3n) is 12.5. The van der Waals surface area contributed by atoms with Crippen molar-refractivity contribution in [1.82, 2.24) is 0 Å². The summed E-state index contributed by atoms with van der Waals surface area (Å²) in [4.78, 5) is 25.0. The molecular formula is C54H44N4O4. The number of hydrogen-bond donors (Lipinski definition) is 0. The van der Waals surface area contributed by atoms with E-state index in [-0.39, 0.29) is 25.2 Å². The molecule has 4 aliphatic heterocycles. The van der Waals surface area contributed by atoms with Crippen molar-refractivity contribution in [3.8, 4) is 24.3 Å². The molecular weight excluding hydrogens is 769 g/mol. The molecule has 0 spiro atoms. The summed E-state index contributed by atoms with van der Waals surface area (Å²) in [6.45, 7) is 0.325. The molecule has 304 valence electrons. The molecule has 4 aliphatic carbocycles. The first-order chi connectivity index (χ1) is 30.3.